The van der Waals surface area contributed by atoms with Crippen LogP contribution in [0.2, 0.25) is 0 Å². The molecular formula is C20H26N4O2. The molecular weight excluding hydrogens is 328 g/mol. The minimum atomic E-state index is -0.205. The van der Waals surface area contributed by atoms with Gasteiger partial charge in [-0.2, -0.15) is 0 Å². The number of rotatable bonds is 5. The van der Waals surface area contributed by atoms with Crippen molar-refractivity contribution in [2.75, 3.05) is 13.1 Å². The van der Waals surface area contributed by atoms with Crippen LogP contribution in [0.3, 0.4) is 0 Å². The molecule has 1 saturated heterocycles. The van der Waals surface area contributed by atoms with Gasteiger partial charge in [0.1, 0.15) is 5.82 Å². The van der Waals surface area contributed by atoms with Gasteiger partial charge in [0.15, 0.2) is 0 Å². The Balaban J connectivity index is 1.31. The predicted molar refractivity (Wildman–Crippen MR) is 99.5 cm³/mol. The number of benzene rings is 1. The van der Waals surface area contributed by atoms with Gasteiger partial charge in [-0.15, -0.1) is 0 Å². The molecule has 1 aliphatic heterocycles. The second-order valence-corrected chi connectivity index (χ2v) is 7.50. The fourth-order valence-corrected chi connectivity index (χ4v) is 4.34. The standard InChI is InChI=1S/C20H26N4O2/c1-23-17-9-5-4-8-16(17)22-18(23)10-11-21-20(26)14-12-19(25)24(13-14)15-6-2-3-7-15/h4-5,8-9,14-15H,2-3,6-7,10-13H2,1H3,(H,21,26)/t14-/m1/s1. The van der Waals surface area contributed by atoms with Crippen molar-refractivity contribution in [3.8, 4) is 0 Å². The first-order valence-electron chi connectivity index (χ1n) is 9.61. The molecule has 0 spiro atoms. The van der Waals surface area contributed by atoms with Crippen molar-refractivity contribution >= 4 is 22.8 Å². The molecule has 1 atom stereocenters. The van der Waals surface area contributed by atoms with Crippen LogP contribution in [0, 0.1) is 5.92 Å². The number of likely N-dealkylation sites (tertiary alicyclic amines) is 1. The van der Waals surface area contributed by atoms with Gasteiger partial charge in [-0.3, -0.25) is 9.59 Å². The van der Waals surface area contributed by atoms with Gasteiger partial charge in [-0.1, -0.05) is 25.0 Å². The minimum Gasteiger partial charge on any atom is -0.355 e. The fraction of sp³-hybridized carbons (Fsp3) is 0.550. The average molecular weight is 354 g/mol. The Morgan fingerprint density at radius 3 is 2.81 bits per heavy atom. The van der Waals surface area contributed by atoms with Gasteiger partial charge in [0.2, 0.25) is 11.8 Å². The Morgan fingerprint density at radius 1 is 1.27 bits per heavy atom. The van der Waals surface area contributed by atoms with E-state index in [1.807, 2.05) is 36.2 Å². The van der Waals surface area contributed by atoms with E-state index in [4.69, 9.17) is 0 Å². The first-order valence-corrected chi connectivity index (χ1v) is 9.61. The third-order valence-corrected chi connectivity index (χ3v) is 5.82. The highest BCUT2D eigenvalue weighted by Crippen LogP contribution is 2.29. The number of nitrogens with zero attached hydrogens (tertiary/aromatic N) is 3. The summed E-state index contributed by atoms with van der Waals surface area (Å²) in [5.74, 6) is 0.898. The maximum Gasteiger partial charge on any atom is 0.225 e. The summed E-state index contributed by atoms with van der Waals surface area (Å²) in [5.41, 5.74) is 2.08. The Bertz CT molecular complexity index is 822. The fourth-order valence-electron chi connectivity index (χ4n) is 4.34. The molecule has 2 heterocycles. The highest BCUT2D eigenvalue weighted by molar-refractivity contribution is 5.89. The molecule has 2 fully saturated rings. The Morgan fingerprint density at radius 2 is 2.04 bits per heavy atom. The molecule has 0 radical (unpaired) electrons. The van der Waals surface area contributed by atoms with E-state index in [9.17, 15) is 9.59 Å². The molecule has 1 N–H and O–H groups in total. The SMILES string of the molecule is Cn1c(CCNC(=O)[C@@H]2CC(=O)N(C3CCCC3)C2)nc2ccccc21. The molecule has 4 rings (SSSR count). The van der Waals surface area contributed by atoms with Crippen LogP contribution in [0.5, 0.6) is 0 Å². The normalized spacial score (nSPS) is 21.0. The number of aryl methyl sites for hydroxylation is 1. The lowest BCUT2D eigenvalue weighted by molar-refractivity contribution is -0.130. The molecule has 2 amide bonds. The van der Waals surface area contributed by atoms with Gasteiger partial charge in [-0.05, 0) is 25.0 Å². The lowest BCUT2D eigenvalue weighted by Gasteiger charge is -2.23. The Labute approximate surface area is 153 Å². The number of hydrogen-bond acceptors (Lipinski definition) is 3. The van der Waals surface area contributed by atoms with E-state index < -0.39 is 0 Å². The Kier molecular flexibility index (Phi) is 4.66. The van der Waals surface area contributed by atoms with Crippen molar-refractivity contribution in [3.63, 3.8) is 0 Å². The molecule has 1 aliphatic carbocycles. The molecule has 0 unspecified atom stereocenters. The van der Waals surface area contributed by atoms with Gasteiger partial charge in [0.05, 0.1) is 17.0 Å². The molecule has 1 aromatic heterocycles. The molecule has 0 bridgehead atoms. The third kappa shape index (κ3) is 3.20. The summed E-state index contributed by atoms with van der Waals surface area (Å²) in [4.78, 5) is 31.3. The number of aromatic nitrogens is 2. The monoisotopic (exact) mass is 354 g/mol. The van der Waals surface area contributed by atoms with E-state index in [1.54, 1.807) is 0 Å². The van der Waals surface area contributed by atoms with Crippen LogP contribution in [-0.2, 0) is 23.1 Å². The summed E-state index contributed by atoms with van der Waals surface area (Å²) in [7, 11) is 2.00. The number of carbonyl (C=O) groups is 2. The van der Waals surface area contributed by atoms with E-state index >= 15 is 0 Å². The van der Waals surface area contributed by atoms with Gasteiger partial charge < -0.3 is 14.8 Å². The highest BCUT2D eigenvalue weighted by Gasteiger charge is 2.38. The molecule has 6 heteroatoms. The highest BCUT2D eigenvalue weighted by atomic mass is 16.2. The second-order valence-electron chi connectivity index (χ2n) is 7.50. The van der Waals surface area contributed by atoms with Crippen LogP contribution in [0.4, 0.5) is 0 Å². The maximum absolute atomic E-state index is 12.5. The van der Waals surface area contributed by atoms with E-state index in [0.29, 0.717) is 32.0 Å². The topological polar surface area (TPSA) is 67.2 Å². The van der Waals surface area contributed by atoms with Gasteiger partial charge in [0.25, 0.3) is 0 Å². The van der Waals surface area contributed by atoms with Crippen LogP contribution in [-0.4, -0.2) is 45.4 Å². The van der Waals surface area contributed by atoms with Crippen LogP contribution in [0.15, 0.2) is 24.3 Å². The van der Waals surface area contributed by atoms with Gasteiger partial charge in [0, 0.05) is 39.0 Å². The predicted octanol–water partition coefficient (Wildman–Crippen LogP) is 2.02. The van der Waals surface area contributed by atoms with Crippen LogP contribution >= 0.6 is 0 Å². The van der Waals surface area contributed by atoms with E-state index in [-0.39, 0.29) is 17.7 Å². The van der Waals surface area contributed by atoms with Crippen molar-refractivity contribution in [1.29, 1.82) is 0 Å². The number of hydrogen-bond donors (Lipinski definition) is 1. The maximum atomic E-state index is 12.5. The number of amides is 2. The summed E-state index contributed by atoms with van der Waals surface area (Å²) in [6.07, 6.45) is 5.62. The molecule has 2 aromatic rings. The van der Waals surface area contributed by atoms with Crippen LogP contribution in [0.25, 0.3) is 11.0 Å². The van der Waals surface area contributed by atoms with Crippen molar-refractivity contribution in [2.24, 2.45) is 13.0 Å². The second kappa shape index (κ2) is 7.09. The quantitative estimate of drug-likeness (QED) is 0.893. The smallest absolute Gasteiger partial charge is 0.225 e. The van der Waals surface area contributed by atoms with Crippen molar-refractivity contribution in [3.05, 3.63) is 30.1 Å². The number of fused-ring (bicyclic) bond motifs is 1. The number of para-hydroxylation sites is 2. The van der Waals surface area contributed by atoms with Crippen LogP contribution in [0.1, 0.15) is 37.9 Å². The number of carbonyl (C=O) groups excluding carboxylic acids is 2. The molecule has 26 heavy (non-hydrogen) atoms. The summed E-state index contributed by atoms with van der Waals surface area (Å²) in [5, 5.41) is 3.01. The lowest BCUT2D eigenvalue weighted by atomic mass is 10.1. The number of imidazole rings is 1. The van der Waals surface area contributed by atoms with Gasteiger partial charge in [-0.25, -0.2) is 4.98 Å². The summed E-state index contributed by atoms with van der Waals surface area (Å²) < 4.78 is 2.07. The summed E-state index contributed by atoms with van der Waals surface area (Å²) in [6, 6.07) is 8.39. The molecule has 2 aliphatic rings. The largest absolute Gasteiger partial charge is 0.355 e. The lowest BCUT2D eigenvalue weighted by Crippen LogP contribution is -2.37. The van der Waals surface area contributed by atoms with E-state index in [2.05, 4.69) is 14.9 Å². The van der Waals surface area contributed by atoms with Crippen molar-refractivity contribution in [1.82, 2.24) is 19.8 Å². The van der Waals surface area contributed by atoms with Gasteiger partial charge >= 0.3 is 0 Å². The zero-order valence-electron chi connectivity index (χ0n) is 15.3. The third-order valence-electron chi connectivity index (χ3n) is 5.82. The zero-order valence-corrected chi connectivity index (χ0v) is 15.3. The Hall–Kier alpha value is -2.37. The summed E-state index contributed by atoms with van der Waals surface area (Å²) >= 11 is 0. The van der Waals surface area contributed by atoms with E-state index in [0.717, 1.165) is 29.7 Å². The first kappa shape index (κ1) is 17.1. The van der Waals surface area contributed by atoms with Crippen molar-refractivity contribution < 1.29 is 9.59 Å². The first-order chi connectivity index (χ1) is 12.6. The minimum absolute atomic E-state index is 0.00221. The molecule has 6 nitrogen and oxygen atoms in total. The summed E-state index contributed by atoms with van der Waals surface area (Å²) in [6.45, 7) is 1.13. The molecule has 1 aromatic carbocycles. The van der Waals surface area contributed by atoms with Crippen LogP contribution < -0.4 is 5.32 Å². The zero-order chi connectivity index (χ0) is 18.1. The molecule has 138 valence electrons. The number of nitrogens with one attached hydrogen (secondary N) is 1. The molecule has 1 saturated carbocycles. The van der Waals surface area contributed by atoms with Crippen molar-refractivity contribution in [2.45, 2.75) is 44.6 Å². The average Bonchev–Trinajstić information content (AvgIpc) is 3.35. The van der Waals surface area contributed by atoms with E-state index in [1.165, 1.54) is 12.8 Å².